The van der Waals surface area contributed by atoms with Gasteiger partial charge in [0.1, 0.15) is 23.8 Å². The number of aliphatic hydroxyl groups excluding tert-OH is 1. The summed E-state index contributed by atoms with van der Waals surface area (Å²) in [6, 6.07) is 18.5. The van der Waals surface area contributed by atoms with Gasteiger partial charge in [-0.3, -0.25) is 0 Å². The number of halogens is 1. The van der Waals surface area contributed by atoms with E-state index in [2.05, 4.69) is 6.58 Å². The van der Waals surface area contributed by atoms with Gasteiger partial charge < -0.3 is 20.0 Å². The molecule has 3 N–H and O–H groups in total. The zero-order chi connectivity index (χ0) is 21.1. The van der Waals surface area contributed by atoms with E-state index in [0.29, 0.717) is 28.8 Å². The topological polar surface area (TPSA) is 68.6 Å². The number of para-hydroxylation sites is 1. The third-order valence-electron chi connectivity index (χ3n) is 4.97. The van der Waals surface area contributed by atoms with Crippen LogP contribution in [0.25, 0.3) is 22.1 Å². The molecule has 0 amide bonds. The molecule has 3 aromatic carbocycles. The van der Waals surface area contributed by atoms with Gasteiger partial charge in [-0.15, -0.1) is 0 Å². The number of fused-ring (bicyclic) bond motifs is 1. The number of ether oxygens (including phenoxy) is 1. The highest BCUT2D eigenvalue weighted by Crippen LogP contribution is 2.34. The molecule has 0 bridgehead atoms. The van der Waals surface area contributed by atoms with Crippen LogP contribution in [0.4, 0.5) is 4.39 Å². The van der Waals surface area contributed by atoms with E-state index in [1.54, 1.807) is 18.2 Å². The molecule has 0 spiro atoms. The quantitative estimate of drug-likeness (QED) is 0.378. The zero-order valence-electron chi connectivity index (χ0n) is 16.4. The minimum Gasteiger partial charge on any atom is -0.513 e. The van der Waals surface area contributed by atoms with Gasteiger partial charge in [0.15, 0.2) is 0 Å². The second-order valence-electron chi connectivity index (χ2n) is 7.10. The minimum absolute atomic E-state index is 0.0332. The van der Waals surface area contributed by atoms with E-state index in [4.69, 9.17) is 14.9 Å². The van der Waals surface area contributed by atoms with E-state index in [9.17, 15) is 5.11 Å². The Bertz CT molecular complexity index is 1210. The van der Waals surface area contributed by atoms with Gasteiger partial charge in [0.2, 0.25) is 0 Å². The number of furan rings is 1. The summed E-state index contributed by atoms with van der Waals surface area (Å²) in [5.74, 6) is 0.242. The van der Waals surface area contributed by atoms with Crippen molar-refractivity contribution in [3.05, 3.63) is 102 Å². The molecular formula is C25H22FNO3. The molecule has 0 saturated carbocycles. The summed E-state index contributed by atoms with van der Waals surface area (Å²) < 4.78 is 26.7. The van der Waals surface area contributed by atoms with Crippen molar-refractivity contribution < 1.29 is 18.7 Å². The average molecular weight is 403 g/mol. The Labute approximate surface area is 174 Å². The Kier molecular flexibility index (Phi) is 5.55. The molecule has 0 atom stereocenters. The van der Waals surface area contributed by atoms with Crippen molar-refractivity contribution in [2.75, 3.05) is 0 Å². The first-order valence-corrected chi connectivity index (χ1v) is 9.62. The highest BCUT2D eigenvalue weighted by molar-refractivity contribution is 5.93. The fourth-order valence-corrected chi connectivity index (χ4v) is 3.52. The lowest BCUT2D eigenvalue weighted by Crippen LogP contribution is -2.02. The van der Waals surface area contributed by atoms with Crippen LogP contribution in [-0.4, -0.2) is 5.11 Å². The van der Waals surface area contributed by atoms with Crippen LogP contribution in [-0.2, 0) is 19.6 Å². The van der Waals surface area contributed by atoms with Crippen molar-refractivity contribution in [2.24, 2.45) is 5.73 Å². The Hall–Kier alpha value is -3.57. The lowest BCUT2D eigenvalue weighted by molar-refractivity contribution is 0.296. The van der Waals surface area contributed by atoms with Crippen molar-refractivity contribution in [2.45, 2.75) is 19.6 Å². The number of hydrogen-bond acceptors (Lipinski definition) is 4. The van der Waals surface area contributed by atoms with E-state index in [1.807, 2.05) is 42.5 Å². The van der Waals surface area contributed by atoms with Crippen molar-refractivity contribution >= 4 is 11.0 Å². The van der Waals surface area contributed by atoms with Gasteiger partial charge in [-0.05, 0) is 35.4 Å². The molecule has 0 radical (unpaired) electrons. The predicted molar refractivity (Wildman–Crippen MR) is 116 cm³/mol. The number of allylic oxidation sites excluding steroid dienone is 1. The van der Waals surface area contributed by atoms with E-state index in [-0.39, 0.29) is 24.6 Å². The number of hydrogen-bond donors (Lipinski definition) is 2. The molecule has 0 aliphatic heterocycles. The van der Waals surface area contributed by atoms with Crippen molar-refractivity contribution in [1.82, 2.24) is 0 Å². The van der Waals surface area contributed by atoms with Crippen LogP contribution < -0.4 is 10.5 Å². The van der Waals surface area contributed by atoms with Crippen LogP contribution in [0.2, 0.25) is 0 Å². The van der Waals surface area contributed by atoms with Crippen molar-refractivity contribution in [3.8, 4) is 16.9 Å². The third kappa shape index (κ3) is 3.93. The smallest absolute Gasteiger partial charge is 0.144 e. The number of nitrogens with two attached hydrogens (primary N) is 1. The van der Waals surface area contributed by atoms with Gasteiger partial charge in [-0.2, -0.15) is 0 Å². The van der Waals surface area contributed by atoms with Gasteiger partial charge in [-0.1, -0.05) is 43.0 Å². The lowest BCUT2D eigenvalue weighted by Gasteiger charge is -2.13. The Morgan fingerprint density at radius 2 is 1.90 bits per heavy atom. The van der Waals surface area contributed by atoms with Crippen LogP contribution in [0.5, 0.6) is 5.75 Å². The molecule has 1 aromatic heterocycles. The van der Waals surface area contributed by atoms with E-state index in [1.165, 1.54) is 6.26 Å². The molecule has 5 heteroatoms. The Morgan fingerprint density at radius 3 is 2.70 bits per heavy atom. The molecular weight excluding hydrogens is 381 g/mol. The van der Waals surface area contributed by atoms with Gasteiger partial charge >= 0.3 is 0 Å². The van der Waals surface area contributed by atoms with Gasteiger partial charge in [-0.25, -0.2) is 4.39 Å². The maximum absolute atomic E-state index is 15.1. The molecule has 152 valence electrons. The summed E-state index contributed by atoms with van der Waals surface area (Å²) in [5.41, 5.74) is 10.1. The zero-order valence-corrected chi connectivity index (χ0v) is 16.4. The fourth-order valence-electron chi connectivity index (χ4n) is 3.52. The van der Waals surface area contributed by atoms with Crippen molar-refractivity contribution in [1.29, 1.82) is 0 Å². The molecule has 4 rings (SSSR count). The SMILES string of the molecule is C=C(O)Cc1ccccc1OCc1cc(-c2cccc(CN)c2)c2occc2c1F. The molecule has 0 aliphatic rings. The summed E-state index contributed by atoms with van der Waals surface area (Å²) in [7, 11) is 0. The predicted octanol–water partition coefficient (Wildman–Crippen LogP) is 5.89. The van der Waals surface area contributed by atoms with Crippen LogP contribution in [0.1, 0.15) is 16.7 Å². The van der Waals surface area contributed by atoms with Crippen LogP contribution in [0, 0.1) is 5.82 Å². The monoisotopic (exact) mass is 403 g/mol. The second-order valence-corrected chi connectivity index (χ2v) is 7.10. The lowest BCUT2D eigenvalue weighted by atomic mass is 9.98. The van der Waals surface area contributed by atoms with Crippen molar-refractivity contribution in [3.63, 3.8) is 0 Å². The van der Waals surface area contributed by atoms with Crippen LogP contribution >= 0.6 is 0 Å². The second kappa shape index (κ2) is 8.43. The first kappa shape index (κ1) is 19.7. The van der Waals surface area contributed by atoms with E-state index < -0.39 is 0 Å². The van der Waals surface area contributed by atoms with Gasteiger partial charge in [0, 0.05) is 29.7 Å². The third-order valence-corrected chi connectivity index (χ3v) is 4.97. The number of benzene rings is 3. The summed E-state index contributed by atoms with van der Waals surface area (Å²) in [6.45, 7) is 3.98. The Morgan fingerprint density at radius 1 is 1.07 bits per heavy atom. The standard InChI is InChI=1S/C25H22FNO3/c1-16(28)11-19-6-2-3-8-23(19)30-15-20-13-22(18-7-4-5-17(12-18)14-27)25-21(24(20)26)9-10-29-25/h2-10,12-13,28H,1,11,14-15,27H2. The molecule has 0 saturated heterocycles. The van der Waals surface area contributed by atoms with Gasteiger partial charge in [0.05, 0.1) is 17.4 Å². The first-order chi connectivity index (χ1) is 14.6. The molecule has 1 heterocycles. The summed E-state index contributed by atoms with van der Waals surface area (Å²) in [6.07, 6.45) is 1.76. The largest absolute Gasteiger partial charge is 0.513 e. The van der Waals surface area contributed by atoms with E-state index in [0.717, 1.165) is 22.3 Å². The molecule has 30 heavy (non-hydrogen) atoms. The molecule has 0 unspecified atom stereocenters. The van der Waals surface area contributed by atoms with E-state index >= 15 is 4.39 Å². The molecule has 0 aliphatic carbocycles. The molecule has 4 aromatic rings. The number of aliphatic hydroxyl groups is 1. The van der Waals surface area contributed by atoms with Gasteiger partial charge in [0.25, 0.3) is 0 Å². The number of rotatable bonds is 7. The molecule has 0 fully saturated rings. The molecule has 4 nitrogen and oxygen atoms in total. The highest BCUT2D eigenvalue weighted by Gasteiger charge is 2.17. The van der Waals surface area contributed by atoms with Crippen LogP contribution in [0.15, 0.2) is 83.7 Å². The maximum Gasteiger partial charge on any atom is 0.144 e. The fraction of sp³-hybridized carbons (Fsp3) is 0.120. The maximum atomic E-state index is 15.1. The minimum atomic E-state index is -0.374. The summed E-state index contributed by atoms with van der Waals surface area (Å²) in [4.78, 5) is 0. The summed E-state index contributed by atoms with van der Waals surface area (Å²) >= 11 is 0. The van der Waals surface area contributed by atoms with Crippen LogP contribution in [0.3, 0.4) is 0 Å². The highest BCUT2D eigenvalue weighted by atomic mass is 19.1. The first-order valence-electron chi connectivity index (χ1n) is 9.62. The summed E-state index contributed by atoms with van der Waals surface area (Å²) in [5, 5.41) is 9.93. The normalized spacial score (nSPS) is 11.0. The Balaban J connectivity index is 1.72. The average Bonchev–Trinajstić information content (AvgIpc) is 3.24.